The third kappa shape index (κ3) is 6.74. The van der Waals surface area contributed by atoms with Gasteiger partial charge in [0.05, 0.1) is 11.6 Å². The van der Waals surface area contributed by atoms with E-state index in [-0.39, 0.29) is 11.8 Å². The first-order valence-corrected chi connectivity index (χ1v) is 10.0. The van der Waals surface area contributed by atoms with Gasteiger partial charge in [0.1, 0.15) is 0 Å². The predicted octanol–water partition coefficient (Wildman–Crippen LogP) is 1.66. The van der Waals surface area contributed by atoms with Crippen LogP contribution in [0.4, 0.5) is 0 Å². The Morgan fingerprint density at radius 3 is 2.67 bits per heavy atom. The minimum Gasteiger partial charge on any atom is -0.369 e. The quantitative estimate of drug-likeness (QED) is 0.398. The van der Waals surface area contributed by atoms with E-state index in [1.54, 1.807) is 7.05 Å². The molecule has 27 heavy (non-hydrogen) atoms. The standard InChI is InChI=1S/C19H33ClN6O/c1-22-19(25(3)14-17-12-16(20)13-24(17)2)23-8-4-5-9-26-10-6-15(7-11-26)18(21)27/h12-13,15H,4-11,14H2,1-3H3,(H2,21,27)(H,22,23). The molecule has 1 amide bonds. The van der Waals surface area contributed by atoms with Gasteiger partial charge in [0.15, 0.2) is 5.96 Å². The average molecular weight is 397 g/mol. The van der Waals surface area contributed by atoms with Crippen molar-refractivity contribution in [3.05, 3.63) is 23.0 Å². The molecule has 0 unspecified atom stereocenters. The predicted molar refractivity (Wildman–Crippen MR) is 111 cm³/mol. The summed E-state index contributed by atoms with van der Waals surface area (Å²) in [4.78, 5) is 20.1. The van der Waals surface area contributed by atoms with Crippen molar-refractivity contribution in [3.63, 3.8) is 0 Å². The summed E-state index contributed by atoms with van der Waals surface area (Å²) in [5.74, 6) is 0.808. The van der Waals surface area contributed by atoms with E-state index in [0.717, 1.165) is 75.1 Å². The summed E-state index contributed by atoms with van der Waals surface area (Å²) in [6.45, 7) is 4.67. The van der Waals surface area contributed by atoms with Crippen molar-refractivity contribution in [2.24, 2.45) is 23.7 Å². The fraction of sp³-hybridized carbons (Fsp3) is 0.684. The summed E-state index contributed by atoms with van der Waals surface area (Å²) in [6.07, 6.45) is 5.91. The lowest BCUT2D eigenvalue weighted by molar-refractivity contribution is -0.123. The molecule has 0 saturated carbocycles. The summed E-state index contributed by atoms with van der Waals surface area (Å²) < 4.78 is 2.04. The second-order valence-corrected chi connectivity index (χ2v) is 7.75. The van der Waals surface area contributed by atoms with Gasteiger partial charge >= 0.3 is 0 Å². The third-order valence-corrected chi connectivity index (χ3v) is 5.43. The minimum atomic E-state index is -0.146. The number of aromatic nitrogens is 1. The molecule has 2 heterocycles. The van der Waals surface area contributed by atoms with Crippen molar-refractivity contribution >= 4 is 23.5 Å². The number of amides is 1. The molecule has 0 atom stereocenters. The van der Waals surface area contributed by atoms with E-state index in [1.165, 1.54) is 0 Å². The fourth-order valence-electron chi connectivity index (χ4n) is 3.53. The molecular formula is C19H33ClN6O. The van der Waals surface area contributed by atoms with Crippen molar-refractivity contribution in [1.82, 2.24) is 19.7 Å². The lowest BCUT2D eigenvalue weighted by Gasteiger charge is -2.30. The van der Waals surface area contributed by atoms with Crippen LogP contribution in [0.15, 0.2) is 17.3 Å². The summed E-state index contributed by atoms with van der Waals surface area (Å²) in [7, 11) is 5.83. The van der Waals surface area contributed by atoms with Crippen LogP contribution in [0.1, 0.15) is 31.4 Å². The maximum Gasteiger partial charge on any atom is 0.220 e. The summed E-state index contributed by atoms with van der Waals surface area (Å²) >= 11 is 6.06. The van der Waals surface area contributed by atoms with Crippen LogP contribution in [0.25, 0.3) is 0 Å². The molecule has 8 heteroatoms. The monoisotopic (exact) mass is 396 g/mol. The van der Waals surface area contributed by atoms with Crippen molar-refractivity contribution < 1.29 is 4.79 Å². The first-order chi connectivity index (χ1) is 12.9. The molecule has 152 valence electrons. The number of nitrogens with one attached hydrogen (secondary N) is 1. The molecular weight excluding hydrogens is 364 g/mol. The highest BCUT2D eigenvalue weighted by molar-refractivity contribution is 6.30. The number of guanidine groups is 1. The molecule has 3 N–H and O–H groups in total. The van der Waals surface area contributed by atoms with Crippen LogP contribution in [0, 0.1) is 5.92 Å². The van der Waals surface area contributed by atoms with Gasteiger partial charge in [-0.3, -0.25) is 9.79 Å². The molecule has 0 aliphatic carbocycles. The molecule has 1 fully saturated rings. The Morgan fingerprint density at radius 2 is 2.11 bits per heavy atom. The van der Waals surface area contributed by atoms with Crippen LogP contribution in [0.5, 0.6) is 0 Å². The summed E-state index contributed by atoms with van der Waals surface area (Å²) in [5.41, 5.74) is 6.53. The van der Waals surface area contributed by atoms with Gasteiger partial charge in [0, 0.05) is 45.5 Å². The average Bonchev–Trinajstić information content (AvgIpc) is 2.95. The molecule has 1 saturated heterocycles. The normalized spacial score (nSPS) is 16.5. The van der Waals surface area contributed by atoms with Gasteiger partial charge in [-0.1, -0.05) is 11.6 Å². The maximum absolute atomic E-state index is 11.2. The number of primary amides is 1. The third-order valence-electron chi connectivity index (χ3n) is 5.22. The number of carbonyl (C=O) groups excluding carboxylic acids is 1. The van der Waals surface area contributed by atoms with Crippen molar-refractivity contribution in [3.8, 4) is 0 Å². The van der Waals surface area contributed by atoms with Crippen LogP contribution in [0.2, 0.25) is 5.02 Å². The Balaban J connectivity index is 1.63. The largest absolute Gasteiger partial charge is 0.369 e. The summed E-state index contributed by atoms with van der Waals surface area (Å²) in [5, 5.41) is 4.18. The number of unbranched alkanes of at least 4 members (excludes halogenated alkanes) is 1. The highest BCUT2D eigenvalue weighted by Gasteiger charge is 2.22. The van der Waals surface area contributed by atoms with Gasteiger partial charge < -0.3 is 25.4 Å². The SMILES string of the molecule is CN=C(NCCCCN1CCC(C(N)=O)CC1)N(C)Cc1cc(Cl)cn1C. The lowest BCUT2D eigenvalue weighted by Crippen LogP contribution is -2.40. The van der Waals surface area contributed by atoms with Crippen molar-refractivity contribution in [2.45, 2.75) is 32.2 Å². The number of nitrogens with two attached hydrogens (primary N) is 1. The van der Waals surface area contributed by atoms with E-state index in [1.807, 2.05) is 30.9 Å². The molecule has 0 radical (unpaired) electrons. The number of carbonyl (C=O) groups is 1. The highest BCUT2D eigenvalue weighted by Crippen LogP contribution is 2.17. The van der Waals surface area contributed by atoms with Crippen LogP contribution in [0.3, 0.4) is 0 Å². The van der Waals surface area contributed by atoms with Crippen molar-refractivity contribution in [1.29, 1.82) is 0 Å². The Hall–Kier alpha value is -1.73. The zero-order chi connectivity index (χ0) is 19.8. The van der Waals surface area contributed by atoms with E-state index >= 15 is 0 Å². The van der Waals surface area contributed by atoms with Gasteiger partial charge in [-0.2, -0.15) is 0 Å². The van der Waals surface area contributed by atoms with E-state index in [0.29, 0.717) is 0 Å². The first kappa shape index (κ1) is 21.6. The number of piperidine rings is 1. The Kier molecular flexibility index (Phi) is 8.44. The Morgan fingerprint density at radius 1 is 1.41 bits per heavy atom. The van der Waals surface area contributed by atoms with E-state index in [2.05, 4.69) is 20.1 Å². The number of hydrogen-bond donors (Lipinski definition) is 2. The molecule has 2 rings (SSSR count). The number of aryl methyl sites for hydroxylation is 1. The van der Waals surface area contributed by atoms with Gasteiger partial charge in [-0.05, 0) is 51.4 Å². The second-order valence-electron chi connectivity index (χ2n) is 7.32. The topological polar surface area (TPSA) is 78.9 Å². The molecule has 0 spiro atoms. The van der Waals surface area contributed by atoms with Crippen LogP contribution in [-0.4, -0.2) is 66.5 Å². The van der Waals surface area contributed by atoms with E-state index in [9.17, 15) is 4.79 Å². The smallest absolute Gasteiger partial charge is 0.220 e. The number of halogens is 1. The number of nitrogens with zero attached hydrogens (tertiary/aromatic N) is 4. The Labute approximate surface area is 167 Å². The zero-order valence-corrected chi connectivity index (χ0v) is 17.5. The van der Waals surface area contributed by atoms with Gasteiger partial charge in [-0.15, -0.1) is 0 Å². The molecule has 1 aliphatic rings. The maximum atomic E-state index is 11.2. The number of hydrogen-bond acceptors (Lipinski definition) is 3. The second kappa shape index (κ2) is 10.6. The number of rotatable bonds is 8. The van der Waals surface area contributed by atoms with Gasteiger partial charge in [0.25, 0.3) is 0 Å². The fourth-order valence-corrected chi connectivity index (χ4v) is 3.80. The lowest BCUT2D eigenvalue weighted by atomic mass is 9.96. The van der Waals surface area contributed by atoms with Crippen LogP contribution >= 0.6 is 11.6 Å². The molecule has 1 aromatic heterocycles. The number of aliphatic imine (C=N–C) groups is 1. The minimum absolute atomic E-state index is 0.0703. The van der Waals surface area contributed by atoms with Gasteiger partial charge in [0.2, 0.25) is 5.91 Å². The van der Waals surface area contributed by atoms with Crippen LogP contribution < -0.4 is 11.1 Å². The zero-order valence-electron chi connectivity index (χ0n) is 16.7. The summed E-state index contributed by atoms with van der Waals surface area (Å²) in [6, 6.07) is 1.98. The molecule has 7 nitrogen and oxygen atoms in total. The van der Waals surface area contributed by atoms with Gasteiger partial charge in [-0.25, -0.2) is 0 Å². The molecule has 1 aromatic rings. The molecule has 1 aliphatic heterocycles. The Bertz CT molecular complexity index is 636. The first-order valence-electron chi connectivity index (χ1n) is 9.65. The molecule has 0 bridgehead atoms. The molecule has 0 aromatic carbocycles. The number of likely N-dealkylation sites (tertiary alicyclic amines) is 1. The van der Waals surface area contributed by atoms with E-state index < -0.39 is 0 Å². The highest BCUT2D eigenvalue weighted by atomic mass is 35.5. The van der Waals surface area contributed by atoms with E-state index in [4.69, 9.17) is 17.3 Å². The van der Waals surface area contributed by atoms with Crippen LogP contribution in [-0.2, 0) is 18.4 Å². The van der Waals surface area contributed by atoms with Crippen molar-refractivity contribution in [2.75, 3.05) is 40.3 Å².